The summed E-state index contributed by atoms with van der Waals surface area (Å²) in [5.41, 5.74) is 0.946. The highest BCUT2D eigenvalue weighted by Crippen LogP contribution is 2.19. The van der Waals surface area contributed by atoms with E-state index in [2.05, 4.69) is 15.3 Å². The summed E-state index contributed by atoms with van der Waals surface area (Å²) >= 11 is 0. The van der Waals surface area contributed by atoms with E-state index >= 15 is 0 Å². The Labute approximate surface area is 96.2 Å². The van der Waals surface area contributed by atoms with Gasteiger partial charge in [-0.3, -0.25) is 0 Å². The van der Waals surface area contributed by atoms with Crippen LogP contribution in [0, 0.1) is 6.92 Å². The van der Waals surface area contributed by atoms with Crippen LogP contribution < -0.4 is 10.1 Å². The van der Waals surface area contributed by atoms with E-state index in [-0.39, 0.29) is 0 Å². The third-order valence-corrected chi connectivity index (χ3v) is 2.14. The molecule has 0 aromatic carbocycles. The van der Waals surface area contributed by atoms with Gasteiger partial charge in [0.25, 0.3) is 0 Å². The molecule has 1 aromatic heterocycles. The number of anilines is 1. The highest BCUT2D eigenvalue weighted by Gasteiger charge is 2.06. The second-order valence-corrected chi connectivity index (χ2v) is 3.36. The molecule has 1 rings (SSSR count). The van der Waals surface area contributed by atoms with Crippen molar-refractivity contribution in [2.45, 2.75) is 20.3 Å². The van der Waals surface area contributed by atoms with Crippen LogP contribution in [0.2, 0.25) is 0 Å². The van der Waals surface area contributed by atoms with Crippen LogP contribution in [0.4, 0.5) is 5.82 Å². The lowest BCUT2D eigenvalue weighted by atomic mass is 10.3. The fraction of sp³-hybridized carbons (Fsp3) is 0.636. The van der Waals surface area contributed by atoms with Gasteiger partial charge in [0.05, 0.1) is 12.2 Å². The van der Waals surface area contributed by atoms with Crippen molar-refractivity contribution < 1.29 is 9.47 Å². The van der Waals surface area contributed by atoms with E-state index in [0.717, 1.165) is 31.0 Å². The molecule has 1 heterocycles. The maximum Gasteiger partial charge on any atom is 0.221 e. The number of methoxy groups -OCH3 is 1. The quantitative estimate of drug-likeness (QED) is 0.715. The molecule has 16 heavy (non-hydrogen) atoms. The van der Waals surface area contributed by atoms with E-state index < -0.39 is 0 Å². The average molecular weight is 225 g/mol. The first kappa shape index (κ1) is 12.7. The number of hydrogen-bond donors (Lipinski definition) is 1. The number of nitrogens with one attached hydrogen (secondary N) is 1. The number of ether oxygens (including phenoxy) is 2. The number of rotatable bonds is 7. The molecule has 0 aliphatic heterocycles. The molecule has 0 atom stereocenters. The summed E-state index contributed by atoms with van der Waals surface area (Å²) in [5, 5.41) is 3.24. The Bertz CT molecular complexity index is 318. The monoisotopic (exact) mass is 225 g/mol. The van der Waals surface area contributed by atoms with Crippen LogP contribution in [-0.2, 0) is 4.74 Å². The van der Waals surface area contributed by atoms with Crippen molar-refractivity contribution in [2.75, 3.05) is 32.2 Å². The highest BCUT2D eigenvalue weighted by atomic mass is 16.5. The Hall–Kier alpha value is -1.36. The van der Waals surface area contributed by atoms with Crippen LogP contribution in [0.1, 0.15) is 18.9 Å². The first-order valence-corrected chi connectivity index (χ1v) is 5.46. The average Bonchev–Trinajstić information content (AvgIpc) is 2.29. The van der Waals surface area contributed by atoms with Gasteiger partial charge in [-0.1, -0.05) is 0 Å². The van der Waals surface area contributed by atoms with Gasteiger partial charge in [-0.05, 0) is 20.3 Å². The van der Waals surface area contributed by atoms with Crippen molar-refractivity contribution in [1.29, 1.82) is 0 Å². The Morgan fingerprint density at radius 2 is 2.19 bits per heavy atom. The fourth-order valence-corrected chi connectivity index (χ4v) is 1.32. The van der Waals surface area contributed by atoms with Crippen molar-refractivity contribution in [3.63, 3.8) is 0 Å². The molecule has 5 heteroatoms. The van der Waals surface area contributed by atoms with Crippen LogP contribution in [-0.4, -0.2) is 36.8 Å². The molecular weight excluding hydrogens is 206 g/mol. The molecule has 5 nitrogen and oxygen atoms in total. The zero-order valence-electron chi connectivity index (χ0n) is 10.1. The topological polar surface area (TPSA) is 56.3 Å². The highest BCUT2D eigenvalue weighted by molar-refractivity contribution is 5.47. The minimum atomic E-state index is 0.612. The lowest BCUT2D eigenvalue weighted by Crippen LogP contribution is -2.09. The van der Waals surface area contributed by atoms with Crippen LogP contribution in [0.3, 0.4) is 0 Å². The maximum atomic E-state index is 5.39. The summed E-state index contributed by atoms with van der Waals surface area (Å²) < 4.78 is 10.4. The molecule has 0 unspecified atom stereocenters. The molecule has 0 saturated heterocycles. The van der Waals surface area contributed by atoms with Gasteiger partial charge in [-0.2, -0.15) is 0 Å². The third kappa shape index (κ3) is 3.66. The van der Waals surface area contributed by atoms with Crippen molar-refractivity contribution in [3.05, 3.63) is 11.9 Å². The van der Waals surface area contributed by atoms with Crippen LogP contribution in [0.5, 0.6) is 5.88 Å². The van der Waals surface area contributed by atoms with Crippen LogP contribution in [0.25, 0.3) is 0 Å². The van der Waals surface area contributed by atoms with E-state index in [9.17, 15) is 0 Å². The molecule has 0 aliphatic rings. The van der Waals surface area contributed by atoms with E-state index in [1.807, 2.05) is 13.8 Å². The zero-order chi connectivity index (χ0) is 11.8. The second-order valence-electron chi connectivity index (χ2n) is 3.36. The summed E-state index contributed by atoms with van der Waals surface area (Å²) in [6, 6.07) is 0. The number of hydrogen-bond acceptors (Lipinski definition) is 5. The SMILES string of the molecule is CCOc1ncnc(NCCCOC)c1C. The van der Waals surface area contributed by atoms with Crippen LogP contribution in [0.15, 0.2) is 6.33 Å². The summed E-state index contributed by atoms with van der Waals surface area (Å²) in [4.78, 5) is 8.25. The minimum Gasteiger partial charge on any atom is -0.478 e. The third-order valence-electron chi connectivity index (χ3n) is 2.14. The molecule has 0 saturated carbocycles. The summed E-state index contributed by atoms with van der Waals surface area (Å²) in [5.74, 6) is 1.47. The van der Waals surface area contributed by atoms with Gasteiger partial charge < -0.3 is 14.8 Å². The number of nitrogens with zero attached hydrogens (tertiary/aromatic N) is 2. The van der Waals surface area contributed by atoms with Crippen molar-refractivity contribution >= 4 is 5.82 Å². The van der Waals surface area contributed by atoms with E-state index in [0.29, 0.717) is 12.5 Å². The molecule has 0 amide bonds. The molecule has 0 fully saturated rings. The van der Waals surface area contributed by atoms with Gasteiger partial charge in [0.15, 0.2) is 0 Å². The minimum absolute atomic E-state index is 0.612. The normalized spacial score (nSPS) is 10.2. The second kappa shape index (κ2) is 7.00. The molecule has 90 valence electrons. The molecule has 1 aromatic rings. The summed E-state index contributed by atoms with van der Waals surface area (Å²) in [6.45, 7) is 6.07. The van der Waals surface area contributed by atoms with E-state index in [1.165, 1.54) is 6.33 Å². The Kier molecular flexibility index (Phi) is 5.56. The Balaban J connectivity index is 2.55. The summed E-state index contributed by atoms with van der Waals surface area (Å²) in [7, 11) is 1.70. The number of aromatic nitrogens is 2. The first-order chi connectivity index (χ1) is 7.79. The Morgan fingerprint density at radius 3 is 2.88 bits per heavy atom. The summed E-state index contributed by atoms with van der Waals surface area (Å²) in [6.07, 6.45) is 2.46. The predicted octanol–water partition coefficient (Wildman–Crippen LogP) is 1.63. The van der Waals surface area contributed by atoms with Crippen molar-refractivity contribution in [1.82, 2.24) is 9.97 Å². The lowest BCUT2D eigenvalue weighted by Gasteiger charge is -2.10. The molecule has 0 radical (unpaired) electrons. The lowest BCUT2D eigenvalue weighted by molar-refractivity contribution is 0.197. The smallest absolute Gasteiger partial charge is 0.221 e. The van der Waals surface area contributed by atoms with Gasteiger partial charge in [-0.25, -0.2) is 9.97 Å². The first-order valence-electron chi connectivity index (χ1n) is 5.46. The van der Waals surface area contributed by atoms with Gasteiger partial charge >= 0.3 is 0 Å². The fourth-order valence-electron chi connectivity index (χ4n) is 1.32. The standard InChI is InChI=1S/C11H19N3O2/c1-4-16-11-9(2)10(13-8-14-11)12-6-5-7-15-3/h8H,4-7H2,1-3H3,(H,12,13,14). The van der Waals surface area contributed by atoms with Gasteiger partial charge in [0, 0.05) is 20.3 Å². The largest absolute Gasteiger partial charge is 0.478 e. The Morgan fingerprint density at radius 1 is 1.38 bits per heavy atom. The van der Waals surface area contributed by atoms with Crippen molar-refractivity contribution in [3.8, 4) is 5.88 Å². The van der Waals surface area contributed by atoms with Gasteiger partial charge in [-0.15, -0.1) is 0 Å². The van der Waals surface area contributed by atoms with Gasteiger partial charge in [0.1, 0.15) is 12.1 Å². The molecular formula is C11H19N3O2. The van der Waals surface area contributed by atoms with Gasteiger partial charge in [0.2, 0.25) is 5.88 Å². The van der Waals surface area contributed by atoms with Crippen LogP contribution >= 0.6 is 0 Å². The zero-order valence-corrected chi connectivity index (χ0v) is 10.1. The predicted molar refractivity (Wildman–Crippen MR) is 62.9 cm³/mol. The van der Waals surface area contributed by atoms with E-state index in [4.69, 9.17) is 9.47 Å². The maximum absolute atomic E-state index is 5.39. The van der Waals surface area contributed by atoms with E-state index in [1.54, 1.807) is 7.11 Å². The molecule has 1 N–H and O–H groups in total. The molecule has 0 spiro atoms. The molecule has 0 aliphatic carbocycles. The van der Waals surface area contributed by atoms with Crippen molar-refractivity contribution in [2.24, 2.45) is 0 Å². The molecule has 0 bridgehead atoms.